The summed E-state index contributed by atoms with van der Waals surface area (Å²) in [6.07, 6.45) is 2.77. The second-order valence-electron chi connectivity index (χ2n) is 11.1. The maximum Gasteiger partial charge on any atom is 0.309 e. The van der Waals surface area contributed by atoms with Crippen molar-refractivity contribution in [2.24, 2.45) is 17.3 Å². The number of hydrogen-bond acceptors (Lipinski definition) is 8. The minimum absolute atomic E-state index is 0.153. The van der Waals surface area contributed by atoms with Crippen molar-refractivity contribution in [3.8, 4) is 0 Å². The number of ketones is 1. The smallest absolute Gasteiger partial charge is 0.309 e. The van der Waals surface area contributed by atoms with Gasteiger partial charge >= 0.3 is 5.97 Å². The Morgan fingerprint density at radius 3 is 2.40 bits per heavy atom. The predicted octanol–water partition coefficient (Wildman–Crippen LogP) is 3.99. The molecule has 1 aromatic rings. The Bertz CT molecular complexity index is 901. The van der Waals surface area contributed by atoms with Gasteiger partial charge in [0.1, 0.15) is 23.8 Å². The van der Waals surface area contributed by atoms with Gasteiger partial charge in [0.2, 0.25) is 0 Å². The molecule has 0 bridgehead atoms. The summed E-state index contributed by atoms with van der Waals surface area (Å²) in [6, 6.07) is 0. The third-order valence-electron chi connectivity index (χ3n) is 7.45. The minimum Gasteiger partial charge on any atom is -0.458 e. The Kier molecular flexibility index (Phi) is 9.85. The monoisotopic (exact) mass is 493 g/mol. The Morgan fingerprint density at radius 2 is 1.80 bits per heavy atom. The second-order valence-corrected chi connectivity index (χ2v) is 11.1. The molecule has 0 aliphatic carbocycles. The van der Waals surface area contributed by atoms with Gasteiger partial charge in [-0.05, 0) is 57.1 Å². The summed E-state index contributed by atoms with van der Waals surface area (Å²) in [5, 5.41) is 32.6. The van der Waals surface area contributed by atoms with Crippen LogP contribution in [-0.2, 0) is 14.3 Å². The van der Waals surface area contributed by atoms with E-state index < -0.39 is 41.2 Å². The highest BCUT2D eigenvalue weighted by Gasteiger charge is 2.42. The fraction of sp³-hybridized carbons (Fsp3) is 0.741. The molecule has 198 valence electrons. The molecule has 1 aliphatic heterocycles. The first-order chi connectivity index (χ1) is 16.1. The van der Waals surface area contributed by atoms with Crippen molar-refractivity contribution >= 4 is 17.8 Å². The van der Waals surface area contributed by atoms with Crippen LogP contribution < -0.4 is 0 Å². The number of Topliss-reactive ketones (excluding diaryl/α,β-unsaturated/α-hetero) is 1. The summed E-state index contributed by atoms with van der Waals surface area (Å²) in [6.45, 7) is 12.1. The van der Waals surface area contributed by atoms with Gasteiger partial charge in [-0.1, -0.05) is 34.1 Å². The lowest BCUT2D eigenvalue weighted by Gasteiger charge is -2.35. The highest BCUT2D eigenvalue weighted by molar-refractivity contribution is 5.88. The lowest BCUT2D eigenvalue weighted by molar-refractivity contribution is -0.155. The number of cyclic esters (lactones) is 1. The summed E-state index contributed by atoms with van der Waals surface area (Å²) in [5.41, 5.74) is -0.888. The van der Waals surface area contributed by atoms with Crippen LogP contribution in [0.5, 0.6) is 0 Å². The Labute approximate surface area is 208 Å². The number of ether oxygens (including phenoxy) is 1. The molecule has 1 aromatic heterocycles. The molecule has 0 radical (unpaired) electrons. The van der Waals surface area contributed by atoms with E-state index >= 15 is 0 Å². The molecule has 8 nitrogen and oxygen atoms in total. The van der Waals surface area contributed by atoms with E-state index in [1.54, 1.807) is 40.7 Å². The topological polar surface area (TPSA) is 130 Å². The number of aromatic nitrogens is 1. The minimum atomic E-state index is -1.27. The number of aliphatic hydroxyl groups is 3. The van der Waals surface area contributed by atoms with Crippen LogP contribution in [0.3, 0.4) is 0 Å². The molecular weight excluding hydrogens is 450 g/mol. The first-order valence-corrected chi connectivity index (χ1v) is 12.6. The van der Waals surface area contributed by atoms with E-state index in [4.69, 9.17) is 9.15 Å². The molecule has 8 heteroatoms. The van der Waals surface area contributed by atoms with E-state index in [-0.39, 0.29) is 18.1 Å². The number of aliphatic hydroxyl groups excluding tert-OH is 2. The molecule has 2 heterocycles. The van der Waals surface area contributed by atoms with Gasteiger partial charge < -0.3 is 24.5 Å². The number of oxazole rings is 1. The number of rotatable bonds is 2. The third-order valence-corrected chi connectivity index (χ3v) is 7.45. The molecule has 1 saturated heterocycles. The van der Waals surface area contributed by atoms with Crippen LogP contribution in [0.15, 0.2) is 16.3 Å². The number of carbonyl (C=O) groups excluding carboxylic acids is 2. The average molecular weight is 494 g/mol. The van der Waals surface area contributed by atoms with Crippen LogP contribution in [0.1, 0.15) is 91.7 Å². The summed E-state index contributed by atoms with van der Waals surface area (Å²) < 4.78 is 11.0. The first kappa shape index (κ1) is 29.2. The largest absolute Gasteiger partial charge is 0.458 e. The Morgan fingerprint density at radius 1 is 1.14 bits per heavy atom. The molecule has 0 spiro atoms. The molecule has 1 aliphatic rings. The van der Waals surface area contributed by atoms with Crippen molar-refractivity contribution in [2.75, 3.05) is 0 Å². The van der Waals surface area contributed by atoms with Crippen LogP contribution in [0.25, 0.3) is 6.08 Å². The quantitative estimate of drug-likeness (QED) is 0.527. The van der Waals surface area contributed by atoms with E-state index in [0.29, 0.717) is 43.7 Å². The van der Waals surface area contributed by atoms with Gasteiger partial charge in [0.25, 0.3) is 0 Å². The first-order valence-electron chi connectivity index (χ1n) is 12.6. The highest BCUT2D eigenvalue weighted by Crippen LogP contribution is 2.33. The normalized spacial score (nSPS) is 34.5. The van der Waals surface area contributed by atoms with Crippen LogP contribution in [0, 0.1) is 24.2 Å². The Balaban J connectivity index is 2.33. The molecule has 2 rings (SSSR count). The molecule has 3 N–H and O–H groups in total. The number of nitrogens with zero attached hydrogens (tertiary/aromatic N) is 1. The zero-order valence-electron chi connectivity index (χ0n) is 22.2. The zero-order chi connectivity index (χ0) is 26.6. The number of aryl methyl sites for hydroxylation is 1. The number of hydrogen-bond donors (Lipinski definition) is 3. The maximum absolute atomic E-state index is 13.2. The lowest BCUT2D eigenvalue weighted by Crippen LogP contribution is -2.45. The molecule has 1 fully saturated rings. The molecule has 6 atom stereocenters. The van der Waals surface area contributed by atoms with E-state index in [1.807, 2.05) is 13.8 Å². The molecule has 0 saturated carbocycles. The average Bonchev–Trinajstić information content (AvgIpc) is 3.18. The van der Waals surface area contributed by atoms with Crippen molar-refractivity contribution in [1.82, 2.24) is 4.98 Å². The standard InChI is InChI=1S/C27H43NO7/c1-16-9-8-11-27(7,33)12-10-21(17(2)13-20-15-34-19(4)28-20)35-23(30)14-22(29)26(5,6)25(32)18(3)24(16)31/h13,15-16,18,21-22,24,29,31,33H,8-12,14H2,1-7H3/b17-13+/t16?,18-,21?,22+,24+,27?/m1/s1. The maximum atomic E-state index is 13.2. The van der Waals surface area contributed by atoms with Gasteiger partial charge in [-0.2, -0.15) is 0 Å². The summed E-state index contributed by atoms with van der Waals surface area (Å²) in [7, 11) is 0. The SMILES string of the molecule is C/C(=C\c1coc(C)n1)C1CCC(C)(O)CCCC(C)[C@H](O)[C@@H](C)C(=O)C(C)(C)[C@@H](O)CC(=O)O1. The summed E-state index contributed by atoms with van der Waals surface area (Å²) in [5.74, 6) is -1.28. The highest BCUT2D eigenvalue weighted by atomic mass is 16.5. The molecule has 0 amide bonds. The van der Waals surface area contributed by atoms with E-state index in [0.717, 1.165) is 5.57 Å². The Hall–Kier alpha value is -2.03. The van der Waals surface area contributed by atoms with Crippen LogP contribution in [0.4, 0.5) is 0 Å². The second kappa shape index (κ2) is 11.8. The van der Waals surface area contributed by atoms with Crippen molar-refractivity contribution < 1.29 is 34.1 Å². The van der Waals surface area contributed by atoms with Crippen molar-refractivity contribution in [1.29, 1.82) is 0 Å². The van der Waals surface area contributed by atoms with Gasteiger partial charge in [0, 0.05) is 12.8 Å². The van der Waals surface area contributed by atoms with E-state index in [9.17, 15) is 24.9 Å². The lowest BCUT2D eigenvalue weighted by atomic mass is 9.73. The zero-order valence-corrected chi connectivity index (χ0v) is 22.2. The third kappa shape index (κ3) is 7.98. The number of carbonyl (C=O) groups is 2. The van der Waals surface area contributed by atoms with E-state index in [1.165, 1.54) is 6.26 Å². The van der Waals surface area contributed by atoms with Crippen LogP contribution in [0.2, 0.25) is 0 Å². The number of esters is 1. The van der Waals surface area contributed by atoms with Gasteiger partial charge in [-0.3, -0.25) is 9.59 Å². The van der Waals surface area contributed by atoms with Crippen LogP contribution >= 0.6 is 0 Å². The van der Waals surface area contributed by atoms with E-state index in [2.05, 4.69) is 4.98 Å². The predicted molar refractivity (Wildman–Crippen MR) is 132 cm³/mol. The van der Waals surface area contributed by atoms with Crippen LogP contribution in [-0.4, -0.2) is 56.0 Å². The van der Waals surface area contributed by atoms with Crippen molar-refractivity contribution in [3.05, 3.63) is 23.4 Å². The van der Waals surface area contributed by atoms with Gasteiger partial charge in [-0.25, -0.2) is 4.98 Å². The van der Waals surface area contributed by atoms with Gasteiger partial charge in [-0.15, -0.1) is 0 Å². The fourth-order valence-electron chi connectivity index (χ4n) is 4.71. The molecule has 0 aromatic carbocycles. The van der Waals surface area contributed by atoms with Gasteiger partial charge in [0.15, 0.2) is 5.89 Å². The van der Waals surface area contributed by atoms with Crippen molar-refractivity contribution in [3.63, 3.8) is 0 Å². The van der Waals surface area contributed by atoms with Gasteiger partial charge in [0.05, 0.1) is 29.6 Å². The molecular formula is C27H43NO7. The molecule has 3 unspecified atom stereocenters. The summed E-state index contributed by atoms with van der Waals surface area (Å²) >= 11 is 0. The van der Waals surface area contributed by atoms with Crippen molar-refractivity contribution in [2.45, 2.75) is 111 Å². The molecule has 35 heavy (non-hydrogen) atoms. The summed E-state index contributed by atoms with van der Waals surface area (Å²) in [4.78, 5) is 30.3. The fourth-order valence-corrected chi connectivity index (χ4v) is 4.71.